The Morgan fingerprint density at radius 1 is 0.500 bits per heavy atom. The first-order valence-electron chi connectivity index (χ1n) is 9.27. The second kappa shape index (κ2) is 9.28. The van der Waals surface area contributed by atoms with Gasteiger partial charge in [0.15, 0.2) is 0 Å². The van der Waals surface area contributed by atoms with Crippen LogP contribution in [0.5, 0.6) is 17.2 Å². The van der Waals surface area contributed by atoms with Crippen molar-refractivity contribution in [2.75, 3.05) is 39.6 Å². The Morgan fingerprint density at radius 3 is 0.967 bits per heavy atom. The van der Waals surface area contributed by atoms with Crippen LogP contribution in [-0.4, -0.2) is 39.6 Å². The van der Waals surface area contributed by atoms with Crippen LogP contribution in [0.25, 0.3) is 0 Å². The van der Waals surface area contributed by atoms with E-state index in [4.69, 9.17) is 40.7 Å². The van der Waals surface area contributed by atoms with E-state index in [1.165, 1.54) is 18.2 Å². The number of benzene rings is 1. The van der Waals surface area contributed by atoms with Crippen LogP contribution in [0.3, 0.4) is 0 Å². The molecule has 0 spiro atoms. The Morgan fingerprint density at radius 2 is 0.733 bits per heavy atom. The molecular formula is C15H21O12P3. The maximum absolute atomic E-state index is 12.6. The molecule has 3 heterocycles. The molecule has 0 aliphatic carbocycles. The molecule has 0 unspecified atom stereocenters. The molecule has 12 nitrogen and oxygen atoms in total. The van der Waals surface area contributed by atoms with Gasteiger partial charge in [0.25, 0.3) is 0 Å². The summed E-state index contributed by atoms with van der Waals surface area (Å²) in [6.07, 6.45) is 1.71. The summed E-state index contributed by atoms with van der Waals surface area (Å²) in [4.78, 5) is 0. The van der Waals surface area contributed by atoms with E-state index in [1.54, 1.807) is 0 Å². The van der Waals surface area contributed by atoms with Crippen molar-refractivity contribution in [1.29, 1.82) is 0 Å². The van der Waals surface area contributed by atoms with Crippen LogP contribution in [0.1, 0.15) is 19.3 Å². The van der Waals surface area contributed by atoms with Crippen molar-refractivity contribution >= 4 is 23.5 Å². The third-order valence-electron chi connectivity index (χ3n) is 3.87. The molecule has 15 heteroatoms. The molecule has 3 saturated heterocycles. The van der Waals surface area contributed by atoms with Gasteiger partial charge in [-0.05, 0) is 19.3 Å². The lowest BCUT2D eigenvalue weighted by molar-refractivity contribution is 0.105. The standard InChI is InChI=1S/C15H21O12P3/c16-28(19-4-1-5-20-28)25-13-10-14(26-29(17)21-6-2-7-22-29)12-15(11-13)27-30(18)23-8-3-9-24-30/h10-12H,1-9H2. The molecule has 3 aliphatic rings. The highest BCUT2D eigenvalue weighted by atomic mass is 31.2. The lowest BCUT2D eigenvalue weighted by Crippen LogP contribution is -2.13. The van der Waals surface area contributed by atoms with Crippen LogP contribution in [0, 0.1) is 0 Å². The zero-order chi connectivity index (χ0) is 21.1. The molecule has 0 amide bonds. The third kappa shape index (κ3) is 5.85. The van der Waals surface area contributed by atoms with Crippen molar-refractivity contribution in [2.24, 2.45) is 0 Å². The average Bonchev–Trinajstić information content (AvgIpc) is 2.68. The highest BCUT2D eigenvalue weighted by Crippen LogP contribution is 2.57. The minimum absolute atomic E-state index is 0.0695. The van der Waals surface area contributed by atoms with E-state index in [0.29, 0.717) is 19.3 Å². The van der Waals surface area contributed by atoms with Crippen molar-refractivity contribution in [1.82, 2.24) is 0 Å². The Hall–Kier alpha value is -0.930. The minimum Gasteiger partial charge on any atom is -0.404 e. The van der Waals surface area contributed by atoms with Gasteiger partial charge in [-0.1, -0.05) is 0 Å². The van der Waals surface area contributed by atoms with E-state index in [-0.39, 0.29) is 56.9 Å². The molecular weight excluding hydrogens is 465 g/mol. The molecule has 3 fully saturated rings. The molecule has 1 aromatic carbocycles. The maximum Gasteiger partial charge on any atom is 0.530 e. The smallest absolute Gasteiger partial charge is 0.404 e. The van der Waals surface area contributed by atoms with Crippen molar-refractivity contribution in [3.05, 3.63) is 18.2 Å². The van der Waals surface area contributed by atoms with Gasteiger partial charge in [-0.3, -0.25) is 27.1 Å². The first kappa shape index (κ1) is 22.3. The van der Waals surface area contributed by atoms with E-state index < -0.39 is 23.5 Å². The summed E-state index contributed by atoms with van der Waals surface area (Å²) in [7, 11) is -11.6. The van der Waals surface area contributed by atoms with Gasteiger partial charge >= 0.3 is 23.5 Å². The van der Waals surface area contributed by atoms with Crippen molar-refractivity contribution in [2.45, 2.75) is 19.3 Å². The lowest BCUT2D eigenvalue weighted by Gasteiger charge is -2.25. The fraction of sp³-hybridized carbons (Fsp3) is 0.600. The number of hydrogen-bond donors (Lipinski definition) is 0. The Balaban J connectivity index is 1.60. The summed E-state index contributed by atoms with van der Waals surface area (Å²) in [5.41, 5.74) is 0. The Kier molecular flexibility index (Phi) is 6.89. The second-order valence-electron chi connectivity index (χ2n) is 6.32. The quantitative estimate of drug-likeness (QED) is 0.526. The lowest BCUT2D eigenvalue weighted by atomic mass is 10.3. The first-order chi connectivity index (χ1) is 14.4. The molecule has 3 aliphatic heterocycles. The highest BCUT2D eigenvalue weighted by Gasteiger charge is 2.36. The van der Waals surface area contributed by atoms with Crippen LogP contribution >= 0.6 is 23.5 Å². The molecule has 4 rings (SSSR count). The number of rotatable bonds is 6. The third-order valence-corrected chi connectivity index (χ3v) is 8.16. The SMILES string of the molecule is O=P1(Oc2cc(OP3(=O)OCCCO3)cc(OP3(=O)OCCCO3)c2)OCCCO1. The molecule has 168 valence electrons. The summed E-state index contributed by atoms with van der Waals surface area (Å²) < 4.78 is 84.5. The highest BCUT2D eigenvalue weighted by molar-refractivity contribution is 7.49. The zero-order valence-corrected chi connectivity index (χ0v) is 18.5. The predicted octanol–water partition coefficient (Wildman–Crippen LogP) is 4.46. The summed E-state index contributed by atoms with van der Waals surface area (Å²) in [5, 5.41) is 0. The fourth-order valence-electron chi connectivity index (χ4n) is 2.60. The monoisotopic (exact) mass is 486 g/mol. The van der Waals surface area contributed by atoms with Crippen LogP contribution < -0.4 is 13.6 Å². The molecule has 0 aromatic heterocycles. The van der Waals surface area contributed by atoms with Gasteiger partial charge in [-0.15, -0.1) is 0 Å². The number of phosphoric ester groups is 3. The number of phosphoric acid groups is 3. The van der Waals surface area contributed by atoms with Gasteiger partial charge in [0.05, 0.1) is 39.6 Å². The molecule has 1 aromatic rings. The van der Waals surface area contributed by atoms with Crippen molar-refractivity contribution in [3.63, 3.8) is 0 Å². The van der Waals surface area contributed by atoms with E-state index in [2.05, 4.69) is 0 Å². The van der Waals surface area contributed by atoms with Gasteiger partial charge in [0.1, 0.15) is 17.2 Å². The second-order valence-corrected chi connectivity index (χ2v) is 11.1. The Bertz CT molecular complexity index is 748. The summed E-state index contributed by atoms with van der Waals surface area (Å²) in [5.74, 6) is -0.208. The maximum atomic E-state index is 12.6. The van der Waals surface area contributed by atoms with Crippen LogP contribution in [-0.2, 0) is 40.8 Å². The van der Waals surface area contributed by atoms with Gasteiger partial charge < -0.3 is 13.6 Å². The van der Waals surface area contributed by atoms with Crippen molar-refractivity contribution in [3.8, 4) is 17.2 Å². The van der Waals surface area contributed by atoms with Gasteiger partial charge in [-0.2, -0.15) is 0 Å². The minimum atomic E-state index is -3.87. The topological polar surface area (TPSA) is 134 Å². The molecule has 0 atom stereocenters. The molecule has 30 heavy (non-hydrogen) atoms. The molecule has 0 bridgehead atoms. The normalized spacial score (nSPS) is 25.2. The first-order valence-corrected chi connectivity index (χ1v) is 13.6. The summed E-state index contributed by atoms with van der Waals surface area (Å²) in [6, 6.07) is 3.81. The van der Waals surface area contributed by atoms with Crippen molar-refractivity contribution < 1.29 is 54.4 Å². The Labute approximate surface area is 172 Å². The van der Waals surface area contributed by atoms with E-state index in [9.17, 15) is 13.7 Å². The predicted molar refractivity (Wildman–Crippen MR) is 101 cm³/mol. The zero-order valence-electron chi connectivity index (χ0n) is 15.8. The van der Waals surface area contributed by atoms with E-state index in [1.807, 2.05) is 0 Å². The van der Waals surface area contributed by atoms with Crippen LogP contribution in [0.15, 0.2) is 18.2 Å². The average molecular weight is 486 g/mol. The largest absolute Gasteiger partial charge is 0.530 e. The molecule has 0 radical (unpaired) electrons. The summed E-state index contributed by atoms with van der Waals surface area (Å²) >= 11 is 0. The fourth-order valence-corrected chi connectivity index (χ4v) is 6.34. The van der Waals surface area contributed by atoms with E-state index >= 15 is 0 Å². The summed E-state index contributed by atoms with van der Waals surface area (Å²) in [6.45, 7) is 1.19. The molecule has 0 saturated carbocycles. The van der Waals surface area contributed by atoms with Gasteiger partial charge in [0.2, 0.25) is 0 Å². The number of hydrogen-bond acceptors (Lipinski definition) is 12. The van der Waals surface area contributed by atoms with Crippen LogP contribution in [0.4, 0.5) is 0 Å². The van der Waals surface area contributed by atoms with E-state index in [0.717, 1.165) is 0 Å². The van der Waals surface area contributed by atoms with Gasteiger partial charge in [0, 0.05) is 18.2 Å². The van der Waals surface area contributed by atoms with Gasteiger partial charge in [-0.25, -0.2) is 13.7 Å². The molecule has 0 N–H and O–H groups in total. The van der Waals surface area contributed by atoms with Crippen LogP contribution in [0.2, 0.25) is 0 Å².